The Kier molecular flexibility index (Phi) is 14.2. The second-order valence-electron chi connectivity index (χ2n) is 7.52. The summed E-state index contributed by atoms with van der Waals surface area (Å²) >= 11 is 1.84. The maximum atomic E-state index is 4.78. The first kappa shape index (κ1) is 25.7. The van der Waals surface area contributed by atoms with Crippen LogP contribution in [0.5, 0.6) is 0 Å². The van der Waals surface area contributed by atoms with Crippen molar-refractivity contribution in [2.75, 3.05) is 58.9 Å². The third-order valence-electron chi connectivity index (χ3n) is 5.14. The van der Waals surface area contributed by atoms with Crippen LogP contribution in [0.15, 0.2) is 22.5 Å². The number of thiophene rings is 1. The molecule has 1 aromatic heterocycles. The molecule has 1 aliphatic heterocycles. The zero-order chi connectivity index (χ0) is 19.3. The molecule has 1 aromatic rings. The van der Waals surface area contributed by atoms with Crippen molar-refractivity contribution >= 4 is 41.3 Å². The summed E-state index contributed by atoms with van der Waals surface area (Å²) in [4.78, 5) is 11.4. The molecule has 0 radical (unpaired) electrons. The van der Waals surface area contributed by atoms with Crippen molar-refractivity contribution < 1.29 is 0 Å². The van der Waals surface area contributed by atoms with Crippen molar-refractivity contribution in [3.05, 3.63) is 22.4 Å². The summed E-state index contributed by atoms with van der Waals surface area (Å²) in [7, 11) is 0. The fraction of sp³-hybridized carbons (Fsp3) is 0.762. The van der Waals surface area contributed by atoms with Crippen LogP contribution in [0.25, 0.3) is 0 Å². The molecule has 5 nitrogen and oxygen atoms in total. The molecule has 7 heteroatoms. The SMILES string of the molecule is CCNC(=NCC(C)Cc1cccs1)NCCCCN1CCN(CC)CC1.I. The first-order valence-corrected chi connectivity index (χ1v) is 11.6. The average molecular weight is 522 g/mol. The summed E-state index contributed by atoms with van der Waals surface area (Å²) in [6, 6.07) is 4.35. The minimum atomic E-state index is 0. The molecule has 162 valence electrons. The molecule has 0 bridgehead atoms. The van der Waals surface area contributed by atoms with E-state index in [1.165, 1.54) is 57.0 Å². The van der Waals surface area contributed by atoms with Gasteiger partial charge in [-0.15, -0.1) is 35.3 Å². The van der Waals surface area contributed by atoms with E-state index in [4.69, 9.17) is 4.99 Å². The van der Waals surface area contributed by atoms with Crippen molar-refractivity contribution in [1.29, 1.82) is 0 Å². The molecule has 1 atom stereocenters. The standard InChI is InChI=1S/C21H39N5S.HI/c1-4-22-21(24-18-19(3)17-20-9-8-16-27-20)23-10-6-7-11-26-14-12-25(5-2)13-15-26;/h8-9,16,19H,4-7,10-15,17-18H2,1-3H3,(H2,22,23,24);1H. The van der Waals surface area contributed by atoms with Crippen LogP contribution in [0.2, 0.25) is 0 Å². The van der Waals surface area contributed by atoms with Gasteiger partial charge in [-0.05, 0) is 56.6 Å². The van der Waals surface area contributed by atoms with E-state index in [-0.39, 0.29) is 24.0 Å². The summed E-state index contributed by atoms with van der Waals surface area (Å²) in [5.41, 5.74) is 0. The van der Waals surface area contributed by atoms with Crippen LogP contribution in [0.1, 0.15) is 38.5 Å². The maximum absolute atomic E-state index is 4.78. The van der Waals surface area contributed by atoms with E-state index < -0.39 is 0 Å². The Labute approximate surface area is 193 Å². The fourth-order valence-corrected chi connectivity index (χ4v) is 4.29. The molecule has 1 fully saturated rings. The lowest BCUT2D eigenvalue weighted by molar-refractivity contribution is 0.136. The fourth-order valence-electron chi connectivity index (χ4n) is 3.42. The highest BCUT2D eigenvalue weighted by atomic mass is 127. The Bertz CT molecular complexity index is 515. The Morgan fingerprint density at radius 1 is 1.14 bits per heavy atom. The van der Waals surface area contributed by atoms with Crippen LogP contribution < -0.4 is 10.6 Å². The molecular formula is C21H40IN5S. The van der Waals surface area contributed by atoms with Gasteiger partial charge in [0.2, 0.25) is 0 Å². The number of nitrogens with one attached hydrogen (secondary N) is 2. The summed E-state index contributed by atoms with van der Waals surface area (Å²) in [6.45, 7) is 16.8. The Morgan fingerprint density at radius 3 is 2.54 bits per heavy atom. The molecule has 0 saturated carbocycles. The molecule has 0 aromatic carbocycles. The molecule has 2 rings (SSSR count). The van der Waals surface area contributed by atoms with Gasteiger partial charge >= 0.3 is 0 Å². The highest BCUT2D eigenvalue weighted by molar-refractivity contribution is 14.0. The van der Waals surface area contributed by atoms with Crippen LogP contribution in [0.4, 0.5) is 0 Å². The summed E-state index contributed by atoms with van der Waals surface area (Å²) < 4.78 is 0. The van der Waals surface area contributed by atoms with Crippen LogP contribution in [0, 0.1) is 5.92 Å². The highest BCUT2D eigenvalue weighted by Crippen LogP contribution is 2.14. The maximum Gasteiger partial charge on any atom is 0.191 e. The number of hydrogen-bond donors (Lipinski definition) is 2. The molecule has 0 aliphatic carbocycles. The largest absolute Gasteiger partial charge is 0.357 e. The van der Waals surface area contributed by atoms with E-state index in [0.717, 1.165) is 32.0 Å². The average Bonchev–Trinajstić information content (AvgIpc) is 3.19. The number of nitrogens with zero attached hydrogens (tertiary/aromatic N) is 3. The Morgan fingerprint density at radius 2 is 1.89 bits per heavy atom. The highest BCUT2D eigenvalue weighted by Gasteiger charge is 2.14. The number of piperazine rings is 1. The Balaban J connectivity index is 0.00000392. The van der Waals surface area contributed by atoms with E-state index in [0.29, 0.717) is 5.92 Å². The molecular weight excluding hydrogens is 481 g/mol. The van der Waals surface area contributed by atoms with Crippen molar-refractivity contribution in [2.24, 2.45) is 10.9 Å². The van der Waals surface area contributed by atoms with Gasteiger partial charge in [0.25, 0.3) is 0 Å². The second kappa shape index (κ2) is 15.5. The van der Waals surface area contributed by atoms with Gasteiger partial charge in [-0.2, -0.15) is 0 Å². The smallest absolute Gasteiger partial charge is 0.191 e. The quantitative estimate of drug-likeness (QED) is 0.203. The number of rotatable bonds is 11. The van der Waals surface area contributed by atoms with Gasteiger partial charge in [0.1, 0.15) is 0 Å². The minimum absolute atomic E-state index is 0. The van der Waals surface area contributed by atoms with E-state index in [9.17, 15) is 0 Å². The zero-order valence-electron chi connectivity index (χ0n) is 18.0. The summed E-state index contributed by atoms with van der Waals surface area (Å²) in [5.74, 6) is 1.54. The first-order valence-electron chi connectivity index (χ1n) is 10.7. The number of likely N-dealkylation sites (N-methyl/N-ethyl adjacent to an activating group) is 1. The van der Waals surface area contributed by atoms with Gasteiger partial charge in [-0.1, -0.05) is 19.9 Å². The summed E-state index contributed by atoms with van der Waals surface area (Å²) in [5, 5.41) is 9.03. The van der Waals surface area contributed by atoms with Gasteiger partial charge in [0.05, 0.1) is 0 Å². The number of aliphatic imine (C=N–C) groups is 1. The van der Waals surface area contributed by atoms with Crippen LogP contribution in [0.3, 0.4) is 0 Å². The van der Waals surface area contributed by atoms with Crippen molar-refractivity contribution in [3.8, 4) is 0 Å². The molecule has 1 unspecified atom stereocenters. The van der Waals surface area contributed by atoms with Crippen molar-refractivity contribution in [2.45, 2.75) is 40.0 Å². The molecule has 0 amide bonds. The number of unbranched alkanes of at least 4 members (excludes halogenated alkanes) is 1. The normalized spacial score (nSPS) is 17.2. The van der Waals surface area contributed by atoms with E-state index >= 15 is 0 Å². The molecule has 2 N–H and O–H groups in total. The lowest BCUT2D eigenvalue weighted by Gasteiger charge is -2.34. The van der Waals surface area contributed by atoms with E-state index in [2.05, 4.69) is 58.7 Å². The monoisotopic (exact) mass is 521 g/mol. The lowest BCUT2D eigenvalue weighted by Crippen LogP contribution is -2.46. The van der Waals surface area contributed by atoms with Gasteiger partial charge in [-0.3, -0.25) is 4.99 Å². The first-order chi connectivity index (χ1) is 13.2. The molecule has 28 heavy (non-hydrogen) atoms. The third-order valence-corrected chi connectivity index (χ3v) is 6.04. The topological polar surface area (TPSA) is 42.9 Å². The van der Waals surface area contributed by atoms with Crippen LogP contribution in [-0.4, -0.2) is 74.7 Å². The number of hydrogen-bond acceptors (Lipinski definition) is 4. The van der Waals surface area contributed by atoms with Crippen molar-refractivity contribution in [1.82, 2.24) is 20.4 Å². The predicted octanol–water partition coefficient (Wildman–Crippen LogP) is 3.52. The second-order valence-corrected chi connectivity index (χ2v) is 8.55. The molecule has 2 heterocycles. The molecule has 0 spiro atoms. The number of halogens is 1. The van der Waals surface area contributed by atoms with Crippen LogP contribution in [-0.2, 0) is 6.42 Å². The van der Waals surface area contributed by atoms with Crippen molar-refractivity contribution in [3.63, 3.8) is 0 Å². The predicted molar refractivity (Wildman–Crippen MR) is 134 cm³/mol. The van der Waals surface area contributed by atoms with E-state index in [1.54, 1.807) is 0 Å². The van der Waals surface area contributed by atoms with E-state index in [1.807, 2.05) is 11.3 Å². The Hall–Kier alpha value is -0.380. The van der Waals surface area contributed by atoms with Crippen LogP contribution >= 0.6 is 35.3 Å². The van der Waals surface area contributed by atoms with Gasteiger partial charge in [0, 0.05) is 50.7 Å². The van der Waals surface area contributed by atoms with Gasteiger partial charge in [-0.25, -0.2) is 0 Å². The van der Waals surface area contributed by atoms with Gasteiger partial charge < -0.3 is 20.4 Å². The number of guanidine groups is 1. The summed E-state index contributed by atoms with van der Waals surface area (Å²) in [6.07, 6.45) is 3.57. The zero-order valence-corrected chi connectivity index (χ0v) is 21.1. The minimum Gasteiger partial charge on any atom is -0.357 e. The lowest BCUT2D eigenvalue weighted by atomic mass is 10.1. The molecule has 1 aliphatic rings. The third kappa shape index (κ3) is 10.4. The molecule has 1 saturated heterocycles. The van der Waals surface area contributed by atoms with Gasteiger partial charge in [0.15, 0.2) is 5.96 Å².